The molecule has 0 aromatic rings. The van der Waals surface area contributed by atoms with Gasteiger partial charge in [0.15, 0.2) is 0 Å². The standard InChI is InChI=1S/C10H14N2O5/c1-11-8(15)6(4-3-5-7(13)14)9(16)12(2)10(11)17/h6H,3-5H2,1-2H3,(H,13,14). The van der Waals surface area contributed by atoms with Crippen LogP contribution in [0.1, 0.15) is 19.3 Å². The number of rotatable bonds is 4. The van der Waals surface area contributed by atoms with Crippen LogP contribution in [0.5, 0.6) is 0 Å². The molecule has 0 aromatic carbocycles. The molecule has 0 spiro atoms. The Morgan fingerprint density at radius 1 is 1.18 bits per heavy atom. The first-order valence-corrected chi connectivity index (χ1v) is 5.17. The zero-order valence-corrected chi connectivity index (χ0v) is 9.67. The number of carboxylic acids is 1. The average molecular weight is 242 g/mol. The van der Waals surface area contributed by atoms with Crippen molar-refractivity contribution in [3.05, 3.63) is 0 Å². The largest absolute Gasteiger partial charge is 0.481 e. The van der Waals surface area contributed by atoms with E-state index < -0.39 is 29.7 Å². The van der Waals surface area contributed by atoms with Crippen molar-refractivity contribution >= 4 is 23.8 Å². The third-order valence-corrected chi connectivity index (χ3v) is 2.71. The second-order valence-corrected chi connectivity index (χ2v) is 3.92. The minimum atomic E-state index is -0.974. The second kappa shape index (κ2) is 4.94. The van der Waals surface area contributed by atoms with E-state index in [2.05, 4.69) is 0 Å². The van der Waals surface area contributed by atoms with E-state index >= 15 is 0 Å². The van der Waals surface area contributed by atoms with Crippen LogP contribution >= 0.6 is 0 Å². The summed E-state index contributed by atoms with van der Waals surface area (Å²) in [4.78, 5) is 46.8. The molecule has 0 saturated carbocycles. The smallest absolute Gasteiger partial charge is 0.332 e. The van der Waals surface area contributed by atoms with Crippen molar-refractivity contribution in [2.45, 2.75) is 19.3 Å². The number of carboxylic acid groups (broad SMARTS) is 1. The Morgan fingerprint density at radius 3 is 2.06 bits per heavy atom. The Bertz CT molecular complexity index is 355. The van der Waals surface area contributed by atoms with Gasteiger partial charge in [-0.1, -0.05) is 0 Å². The van der Waals surface area contributed by atoms with E-state index in [1.165, 1.54) is 14.1 Å². The van der Waals surface area contributed by atoms with Crippen molar-refractivity contribution in [1.82, 2.24) is 9.80 Å². The van der Waals surface area contributed by atoms with Crippen molar-refractivity contribution in [2.24, 2.45) is 5.92 Å². The number of urea groups is 1. The molecule has 1 aliphatic rings. The first-order chi connectivity index (χ1) is 7.86. The van der Waals surface area contributed by atoms with Crippen LogP contribution in [0.25, 0.3) is 0 Å². The van der Waals surface area contributed by atoms with Crippen LogP contribution < -0.4 is 0 Å². The molecule has 0 radical (unpaired) electrons. The molecule has 7 heteroatoms. The van der Waals surface area contributed by atoms with Gasteiger partial charge in [0.1, 0.15) is 5.92 Å². The van der Waals surface area contributed by atoms with E-state index in [0.717, 1.165) is 9.80 Å². The van der Waals surface area contributed by atoms with Gasteiger partial charge in [0, 0.05) is 20.5 Å². The molecule has 0 aromatic heterocycles. The molecule has 1 heterocycles. The van der Waals surface area contributed by atoms with Gasteiger partial charge in [-0.05, 0) is 12.8 Å². The molecule has 4 amide bonds. The lowest BCUT2D eigenvalue weighted by Crippen LogP contribution is -2.56. The first-order valence-electron chi connectivity index (χ1n) is 5.17. The van der Waals surface area contributed by atoms with Crippen molar-refractivity contribution in [1.29, 1.82) is 0 Å². The lowest BCUT2D eigenvalue weighted by Gasteiger charge is -2.32. The molecular weight excluding hydrogens is 228 g/mol. The maximum Gasteiger partial charge on any atom is 0.332 e. The SMILES string of the molecule is CN1C(=O)C(CCCC(=O)O)C(=O)N(C)C1=O. The van der Waals surface area contributed by atoms with Crippen molar-refractivity contribution < 1.29 is 24.3 Å². The summed E-state index contributed by atoms with van der Waals surface area (Å²) in [7, 11) is 2.61. The predicted octanol–water partition coefficient (Wildman–Crippen LogP) is -0.0921. The van der Waals surface area contributed by atoms with Gasteiger partial charge in [0.2, 0.25) is 11.8 Å². The number of barbiturate groups is 1. The van der Waals surface area contributed by atoms with Crippen LogP contribution in [0.2, 0.25) is 0 Å². The summed E-state index contributed by atoms with van der Waals surface area (Å²) in [6.45, 7) is 0. The predicted molar refractivity (Wildman–Crippen MR) is 55.9 cm³/mol. The average Bonchev–Trinajstić information content (AvgIpc) is 2.28. The molecule has 0 bridgehead atoms. The quantitative estimate of drug-likeness (QED) is 0.695. The van der Waals surface area contributed by atoms with Crippen LogP contribution in [-0.2, 0) is 14.4 Å². The van der Waals surface area contributed by atoms with Gasteiger partial charge in [0.05, 0.1) is 0 Å². The van der Waals surface area contributed by atoms with Gasteiger partial charge in [-0.25, -0.2) is 4.79 Å². The molecule has 1 fully saturated rings. The van der Waals surface area contributed by atoms with E-state index in [0.29, 0.717) is 0 Å². The van der Waals surface area contributed by atoms with Gasteiger partial charge in [-0.15, -0.1) is 0 Å². The molecule has 1 aliphatic heterocycles. The number of carbonyl (C=O) groups is 4. The van der Waals surface area contributed by atoms with Gasteiger partial charge in [-0.2, -0.15) is 0 Å². The zero-order valence-electron chi connectivity index (χ0n) is 9.67. The van der Waals surface area contributed by atoms with Gasteiger partial charge in [0.25, 0.3) is 0 Å². The van der Waals surface area contributed by atoms with E-state index in [4.69, 9.17) is 5.11 Å². The number of hydrogen-bond acceptors (Lipinski definition) is 4. The first kappa shape index (κ1) is 13.1. The fourth-order valence-electron chi connectivity index (χ4n) is 1.69. The van der Waals surface area contributed by atoms with E-state index in [1.54, 1.807) is 0 Å². The number of carbonyl (C=O) groups excluding carboxylic acids is 3. The van der Waals surface area contributed by atoms with Gasteiger partial charge < -0.3 is 5.11 Å². The Morgan fingerprint density at radius 2 is 1.65 bits per heavy atom. The Labute approximate surface area is 98.0 Å². The topological polar surface area (TPSA) is 95.0 Å². The maximum absolute atomic E-state index is 11.7. The summed E-state index contributed by atoms with van der Waals surface area (Å²) in [5, 5.41) is 8.48. The number of nitrogens with zero attached hydrogens (tertiary/aromatic N) is 2. The monoisotopic (exact) mass is 242 g/mol. The number of aliphatic carboxylic acids is 1. The van der Waals surface area contributed by atoms with E-state index in [-0.39, 0.29) is 19.3 Å². The number of hydrogen-bond donors (Lipinski definition) is 1. The third-order valence-electron chi connectivity index (χ3n) is 2.71. The molecule has 0 aliphatic carbocycles. The molecular formula is C10H14N2O5. The van der Waals surface area contributed by atoms with Crippen molar-refractivity contribution in [3.63, 3.8) is 0 Å². The van der Waals surface area contributed by atoms with Crippen LogP contribution in [0.4, 0.5) is 4.79 Å². The molecule has 1 saturated heterocycles. The number of amides is 4. The second-order valence-electron chi connectivity index (χ2n) is 3.92. The lowest BCUT2D eigenvalue weighted by molar-refractivity contribution is -0.148. The van der Waals surface area contributed by atoms with Crippen LogP contribution in [0, 0.1) is 5.92 Å². The Balaban J connectivity index is 2.70. The molecule has 1 N–H and O–H groups in total. The van der Waals surface area contributed by atoms with Crippen molar-refractivity contribution in [2.75, 3.05) is 14.1 Å². The molecule has 0 atom stereocenters. The minimum Gasteiger partial charge on any atom is -0.481 e. The molecule has 1 rings (SSSR count). The van der Waals surface area contributed by atoms with E-state index in [1.807, 2.05) is 0 Å². The zero-order chi connectivity index (χ0) is 13.2. The fourth-order valence-corrected chi connectivity index (χ4v) is 1.69. The van der Waals surface area contributed by atoms with Gasteiger partial charge >= 0.3 is 12.0 Å². The lowest BCUT2D eigenvalue weighted by atomic mass is 9.97. The summed E-state index contributed by atoms with van der Waals surface area (Å²) in [5.41, 5.74) is 0. The summed E-state index contributed by atoms with van der Waals surface area (Å²) in [5.74, 6) is -3.05. The van der Waals surface area contributed by atoms with Crippen LogP contribution in [0.3, 0.4) is 0 Å². The maximum atomic E-state index is 11.7. The molecule has 0 unspecified atom stereocenters. The highest BCUT2D eigenvalue weighted by Crippen LogP contribution is 2.20. The molecule has 17 heavy (non-hydrogen) atoms. The van der Waals surface area contributed by atoms with Gasteiger partial charge in [-0.3, -0.25) is 24.2 Å². The highest BCUT2D eigenvalue weighted by molar-refractivity contribution is 6.15. The molecule has 7 nitrogen and oxygen atoms in total. The van der Waals surface area contributed by atoms with E-state index in [9.17, 15) is 19.2 Å². The Kier molecular flexibility index (Phi) is 3.82. The summed E-state index contributed by atoms with van der Waals surface area (Å²) in [6, 6.07) is -0.658. The van der Waals surface area contributed by atoms with Crippen LogP contribution in [0.15, 0.2) is 0 Å². The summed E-state index contributed by atoms with van der Waals surface area (Å²) in [6.07, 6.45) is 0.276. The van der Waals surface area contributed by atoms with Crippen molar-refractivity contribution in [3.8, 4) is 0 Å². The molecule has 94 valence electrons. The Hall–Kier alpha value is -1.92. The summed E-state index contributed by atoms with van der Waals surface area (Å²) < 4.78 is 0. The fraction of sp³-hybridized carbons (Fsp3) is 0.600. The van der Waals surface area contributed by atoms with Crippen LogP contribution in [-0.4, -0.2) is 52.8 Å². The number of imide groups is 2. The minimum absolute atomic E-state index is 0.0988. The third kappa shape index (κ3) is 2.61. The normalized spacial score (nSPS) is 17.9. The highest BCUT2D eigenvalue weighted by atomic mass is 16.4. The highest BCUT2D eigenvalue weighted by Gasteiger charge is 2.41. The summed E-state index contributed by atoms with van der Waals surface area (Å²) >= 11 is 0.